The molecule has 22 heavy (non-hydrogen) atoms. The molecular weight excluding hydrogens is 264 g/mol. The zero-order chi connectivity index (χ0) is 16.2. The van der Waals surface area contributed by atoms with Gasteiger partial charge in [0.2, 0.25) is 0 Å². The van der Waals surface area contributed by atoms with Crippen LogP contribution >= 0.6 is 0 Å². The molecule has 0 aliphatic carbocycles. The number of hydrogen-bond donors (Lipinski definition) is 0. The van der Waals surface area contributed by atoms with Gasteiger partial charge in [-0.1, -0.05) is 98.8 Å². The molecule has 114 valence electrons. The van der Waals surface area contributed by atoms with Gasteiger partial charge in [-0.15, -0.1) is 0 Å². The Labute approximate surface area is 135 Å². The van der Waals surface area contributed by atoms with Crippen molar-refractivity contribution in [2.45, 2.75) is 27.7 Å². The Balaban J connectivity index is 0.00000116. The summed E-state index contributed by atoms with van der Waals surface area (Å²) in [6.07, 6.45) is 8.53. The third-order valence-electron chi connectivity index (χ3n) is 3.18. The van der Waals surface area contributed by atoms with E-state index >= 15 is 0 Å². The van der Waals surface area contributed by atoms with Gasteiger partial charge in [0, 0.05) is 0 Å². The van der Waals surface area contributed by atoms with Gasteiger partial charge < -0.3 is 0 Å². The fourth-order valence-corrected chi connectivity index (χ4v) is 2.08. The molecule has 2 aromatic carbocycles. The fraction of sp³-hybridized carbons (Fsp3) is 0.182. The molecule has 0 radical (unpaired) electrons. The molecule has 0 aliphatic heterocycles. The number of hydrogen-bond acceptors (Lipinski definition) is 0. The van der Waals surface area contributed by atoms with E-state index in [1.807, 2.05) is 32.9 Å². The Hall–Kier alpha value is -2.34. The molecule has 0 aliphatic rings. The van der Waals surface area contributed by atoms with Gasteiger partial charge in [-0.05, 0) is 36.1 Å². The van der Waals surface area contributed by atoms with Gasteiger partial charge >= 0.3 is 0 Å². The zero-order valence-corrected chi connectivity index (χ0v) is 14.1. The Morgan fingerprint density at radius 1 is 0.773 bits per heavy atom. The summed E-state index contributed by atoms with van der Waals surface area (Å²) in [5.41, 5.74) is 4.99. The van der Waals surface area contributed by atoms with E-state index in [0.29, 0.717) is 0 Å². The van der Waals surface area contributed by atoms with Crippen LogP contribution in [0.5, 0.6) is 0 Å². The second-order valence-electron chi connectivity index (χ2n) is 4.71. The molecule has 0 amide bonds. The van der Waals surface area contributed by atoms with Crippen LogP contribution in [0.4, 0.5) is 0 Å². The topological polar surface area (TPSA) is 0 Å². The van der Waals surface area contributed by atoms with Crippen molar-refractivity contribution in [3.63, 3.8) is 0 Å². The summed E-state index contributed by atoms with van der Waals surface area (Å²) in [7, 11) is 0. The van der Waals surface area contributed by atoms with Gasteiger partial charge in [0.25, 0.3) is 0 Å². The van der Waals surface area contributed by atoms with Gasteiger partial charge in [-0.3, -0.25) is 0 Å². The SMILES string of the molecule is CC.C\C=C/C=C(\C=C(/C)c1ccccc1)c1ccccc1. The average Bonchev–Trinajstić information content (AvgIpc) is 2.61. The highest BCUT2D eigenvalue weighted by Crippen LogP contribution is 2.22. The van der Waals surface area contributed by atoms with Crippen LogP contribution in [0, 0.1) is 0 Å². The Kier molecular flexibility index (Phi) is 8.37. The maximum atomic E-state index is 2.24. The minimum absolute atomic E-state index is 1.23. The summed E-state index contributed by atoms with van der Waals surface area (Å²) >= 11 is 0. The summed E-state index contributed by atoms with van der Waals surface area (Å²) < 4.78 is 0. The van der Waals surface area contributed by atoms with Gasteiger partial charge in [-0.25, -0.2) is 0 Å². The summed E-state index contributed by atoms with van der Waals surface area (Å²) in [5, 5.41) is 0. The van der Waals surface area contributed by atoms with Gasteiger partial charge in [-0.2, -0.15) is 0 Å². The molecule has 0 fully saturated rings. The number of rotatable bonds is 4. The second kappa shape index (κ2) is 10.4. The molecule has 0 heterocycles. The third kappa shape index (κ3) is 5.57. The quantitative estimate of drug-likeness (QED) is 0.545. The molecule has 2 aromatic rings. The first-order valence-electron chi connectivity index (χ1n) is 7.93. The van der Waals surface area contributed by atoms with Gasteiger partial charge in [0.05, 0.1) is 0 Å². The molecule has 0 saturated carbocycles. The highest BCUT2D eigenvalue weighted by molar-refractivity contribution is 5.83. The molecule has 0 heteroatoms. The predicted molar refractivity (Wildman–Crippen MR) is 101 cm³/mol. The smallest absolute Gasteiger partial charge is 0.0181 e. The lowest BCUT2D eigenvalue weighted by Gasteiger charge is -2.06. The Morgan fingerprint density at radius 2 is 1.27 bits per heavy atom. The lowest BCUT2D eigenvalue weighted by atomic mass is 9.99. The predicted octanol–water partition coefficient (Wildman–Crippen LogP) is 6.78. The van der Waals surface area contributed by atoms with Crippen LogP contribution in [0.25, 0.3) is 11.1 Å². The molecule has 0 spiro atoms. The molecule has 0 N–H and O–H groups in total. The standard InChI is InChI=1S/C20H20.C2H6/c1-3-4-11-20(19-14-9-6-10-15-19)16-17(2)18-12-7-5-8-13-18;1-2/h3-16H,1-2H3;1-2H3/b4-3-,17-16+,20-11+;. The van der Waals surface area contributed by atoms with Crippen molar-refractivity contribution in [3.8, 4) is 0 Å². The van der Waals surface area contributed by atoms with Gasteiger partial charge in [0.15, 0.2) is 0 Å². The highest BCUT2D eigenvalue weighted by Gasteiger charge is 1.99. The fourth-order valence-electron chi connectivity index (χ4n) is 2.08. The van der Waals surface area contributed by atoms with Crippen molar-refractivity contribution < 1.29 is 0 Å². The van der Waals surface area contributed by atoms with Crippen LogP contribution in [0.1, 0.15) is 38.8 Å². The second-order valence-corrected chi connectivity index (χ2v) is 4.71. The molecule has 0 atom stereocenters. The lowest BCUT2D eigenvalue weighted by Crippen LogP contribution is -1.83. The first-order chi connectivity index (χ1) is 10.8. The third-order valence-corrected chi connectivity index (χ3v) is 3.18. The number of benzene rings is 2. The first kappa shape index (κ1) is 17.7. The van der Waals surface area contributed by atoms with Crippen LogP contribution in [0.2, 0.25) is 0 Å². The molecule has 0 nitrogen and oxygen atoms in total. The van der Waals surface area contributed by atoms with Crippen LogP contribution in [-0.4, -0.2) is 0 Å². The van der Waals surface area contributed by atoms with Crippen molar-refractivity contribution >= 4 is 11.1 Å². The van der Waals surface area contributed by atoms with Crippen molar-refractivity contribution in [2.75, 3.05) is 0 Å². The van der Waals surface area contributed by atoms with E-state index in [1.54, 1.807) is 0 Å². The van der Waals surface area contributed by atoms with Gasteiger partial charge in [0.1, 0.15) is 0 Å². The minimum Gasteiger partial charge on any atom is -0.0876 e. The van der Waals surface area contributed by atoms with Crippen molar-refractivity contribution in [1.29, 1.82) is 0 Å². The van der Waals surface area contributed by atoms with E-state index in [1.165, 1.54) is 22.3 Å². The normalized spacial score (nSPS) is 12.0. The van der Waals surface area contributed by atoms with Crippen LogP contribution in [0.15, 0.2) is 85.0 Å². The van der Waals surface area contributed by atoms with E-state index in [2.05, 4.69) is 79.8 Å². The Bertz CT molecular complexity index is 614. The van der Waals surface area contributed by atoms with E-state index in [4.69, 9.17) is 0 Å². The Morgan fingerprint density at radius 3 is 1.77 bits per heavy atom. The maximum Gasteiger partial charge on any atom is -0.0181 e. The summed E-state index contributed by atoms with van der Waals surface area (Å²) in [4.78, 5) is 0. The molecule has 0 aromatic heterocycles. The molecule has 2 rings (SSSR count). The van der Waals surface area contributed by atoms with E-state index in [-0.39, 0.29) is 0 Å². The van der Waals surface area contributed by atoms with Crippen molar-refractivity contribution in [2.24, 2.45) is 0 Å². The summed E-state index contributed by atoms with van der Waals surface area (Å²) in [6, 6.07) is 21.0. The largest absolute Gasteiger partial charge is 0.0876 e. The average molecular weight is 290 g/mol. The van der Waals surface area contributed by atoms with E-state index in [9.17, 15) is 0 Å². The monoisotopic (exact) mass is 290 g/mol. The summed E-state index contributed by atoms with van der Waals surface area (Å²) in [5.74, 6) is 0. The number of allylic oxidation sites excluding steroid dienone is 6. The molecule has 0 bridgehead atoms. The summed E-state index contributed by atoms with van der Waals surface area (Å²) in [6.45, 7) is 8.19. The molecule has 0 saturated heterocycles. The van der Waals surface area contributed by atoms with Crippen LogP contribution < -0.4 is 0 Å². The minimum atomic E-state index is 1.23. The van der Waals surface area contributed by atoms with Crippen molar-refractivity contribution in [3.05, 3.63) is 96.1 Å². The van der Waals surface area contributed by atoms with Crippen LogP contribution in [-0.2, 0) is 0 Å². The van der Waals surface area contributed by atoms with E-state index < -0.39 is 0 Å². The van der Waals surface area contributed by atoms with E-state index in [0.717, 1.165) is 0 Å². The first-order valence-corrected chi connectivity index (χ1v) is 7.93. The van der Waals surface area contributed by atoms with Crippen molar-refractivity contribution in [1.82, 2.24) is 0 Å². The lowest BCUT2D eigenvalue weighted by molar-refractivity contribution is 1.50. The molecular formula is C22H26. The maximum absolute atomic E-state index is 2.24. The van der Waals surface area contributed by atoms with Crippen LogP contribution in [0.3, 0.4) is 0 Å². The molecule has 0 unspecified atom stereocenters. The zero-order valence-electron chi connectivity index (χ0n) is 14.1. The highest BCUT2D eigenvalue weighted by atomic mass is 14.0.